The Kier molecular flexibility index (Phi) is 3.57. The molecule has 2 rings (SSSR count). The van der Waals surface area contributed by atoms with Crippen LogP contribution in [0.1, 0.15) is 26.2 Å². The van der Waals surface area contributed by atoms with E-state index in [0.29, 0.717) is 6.04 Å². The van der Waals surface area contributed by atoms with E-state index in [-0.39, 0.29) is 0 Å². The van der Waals surface area contributed by atoms with Crippen LogP contribution in [-0.2, 0) is 0 Å². The van der Waals surface area contributed by atoms with Crippen LogP contribution in [0.15, 0.2) is 29.2 Å². The molecular weight excluding hydrogens is 202 g/mol. The Hall–Kier alpha value is -0.630. The van der Waals surface area contributed by atoms with Gasteiger partial charge in [0.2, 0.25) is 0 Å². The van der Waals surface area contributed by atoms with Crippen molar-refractivity contribution in [2.75, 3.05) is 11.6 Å². The molecule has 1 aromatic carbocycles. The number of thioether (sulfide) groups is 1. The molecule has 1 N–H and O–H groups in total. The van der Waals surface area contributed by atoms with Crippen LogP contribution in [-0.4, -0.2) is 12.3 Å². The first kappa shape index (κ1) is 10.9. The summed E-state index contributed by atoms with van der Waals surface area (Å²) >= 11 is 1.80. The summed E-state index contributed by atoms with van der Waals surface area (Å²) in [5.74, 6) is 0.822. The standard InChI is InChI=1S/C13H19NS/c1-10-5-3-8-13(10)14-11-6-4-7-12(9-11)15-2/h4,6-7,9-10,13-14H,3,5,8H2,1-2H3/t10-,13+/m1/s1. The molecule has 82 valence electrons. The van der Waals surface area contributed by atoms with Crippen LogP contribution < -0.4 is 5.32 Å². The Bertz CT molecular complexity index is 324. The van der Waals surface area contributed by atoms with Gasteiger partial charge in [-0.1, -0.05) is 19.4 Å². The Labute approximate surface area is 96.7 Å². The molecule has 15 heavy (non-hydrogen) atoms. The van der Waals surface area contributed by atoms with Gasteiger partial charge in [0.15, 0.2) is 0 Å². The lowest BCUT2D eigenvalue weighted by Crippen LogP contribution is -2.21. The van der Waals surface area contributed by atoms with Crippen LogP contribution in [0.4, 0.5) is 5.69 Å². The second kappa shape index (κ2) is 4.93. The molecule has 0 aliphatic heterocycles. The van der Waals surface area contributed by atoms with Gasteiger partial charge in [-0.3, -0.25) is 0 Å². The zero-order valence-corrected chi connectivity index (χ0v) is 10.3. The van der Waals surface area contributed by atoms with Gasteiger partial charge in [-0.2, -0.15) is 0 Å². The molecule has 0 amide bonds. The molecule has 0 bridgehead atoms. The topological polar surface area (TPSA) is 12.0 Å². The van der Waals surface area contributed by atoms with Crippen LogP contribution in [0.3, 0.4) is 0 Å². The fraction of sp³-hybridized carbons (Fsp3) is 0.538. The Morgan fingerprint density at radius 1 is 1.33 bits per heavy atom. The average molecular weight is 221 g/mol. The summed E-state index contributed by atoms with van der Waals surface area (Å²) in [5.41, 5.74) is 1.28. The van der Waals surface area contributed by atoms with Crippen LogP contribution in [0, 0.1) is 5.92 Å². The van der Waals surface area contributed by atoms with Crippen LogP contribution in [0.2, 0.25) is 0 Å². The van der Waals surface area contributed by atoms with E-state index in [9.17, 15) is 0 Å². The summed E-state index contributed by atoms with van der Waals surface area (Å²) in [5, 5.41) is 3.65. The summed E-state index contributed by atoms with van der Waals surface area (Å²) in [6.07, 6.45) is 6.20. The van der Waals surface area contributed by atoms with Gasteiger partial charge in [0.25, 0.3) is 0 Å². The van der Waals surface area contributed by atoms with E-state index in [1.54, 1.807) is 11.8 Å². The molecule has 0 unspecified atom stereocenters. The van der Waals surface area contributed by atoms with Crippen molar-refractivity contribution in [3.05, 3.63) is 24.3 Å². The van der Waals surface area contributed by atoms with Crippen molar-refractivity contribution in [1.29, 1.82) is 0 Å². The van der Waals surface area contributed by atoms with Gasteiger partial charge in [0.1, 0.15) is 0 Å². The third-order valence-corrected chi connectivity index (χ3v) is 4.01. The number of anilines is 1. The second-order valence-corrected chi connectivity index (χ2v) is 5.27. The van der Waals surface area contributed by atoms with E-state index < -0.39 is 0 Å². The quantitative estimate of drug-likeness (QED) is 0.774. The van der Waals surface area contributed by atoms with E-state index in [2.05, 4.69) is 42.8 Å². The SMILES string of the molecule is CSc1cccc(N[C@H]2CCC[C@H]2C)c1. The Morgan fingerprint density at radius 2 is 2.20 bits per heavy atom. The average Bonchev–Trinajstić information content (AvgIpc) is 2.65. The fourth-order valence-electron chi connectivity index (χ4n) is 2.29. The number of rotatable bonds is 3. The smallest absolute Gasteiger partial charge is 0.0353 e. The molecule has 1 saturated carbocycles. The summed E-state index contributed by atoms with van der Waals surface area (Å²) in [4.78, 5) is 1.34. The van der Waals surface area contributed by atoms with Crippen molar-refractivity contribution in [2.45, 2.75) is 37.1 Å². The normalized spacial score (nSPS) is 25.5. The first-order valence-corrected chi connectivity index (χ1v) is 6.92. The minimum atomic E-state index is 0.683. The van der Waals surface area contributed by atoms with Gasteiger partial charge in [-0.05, 0) is 43.2 Å². The largest absolute Gasteiger partial charge is 0.382 e. The maximum Gasteiger partial charge on any atom is 0.0353 e. The lowest BCUT2D eigenvalue weighted by molar-refractivity contribution is 0.556. The molecule has 1 fully saturated rings. The zero-order chi connectivity index (χ0) is 10.7. The van der Waals surface area contributed by atoms with Crippen molar-refractivity contribution in [2.24, 2.45) is 5.92 Å². The lowest BCUT2D eigenvalue weighted by atomic mass is 10.1. The Balaban J connectivity index is 2.03. The van der Waals surface area contributed by atoms with Gasteiger partial charge in [-0.15, -0.1) is 11.8 Å². The minimum Gasteiger partial charge on any atom is -0.382 e. The molecule has 1 nitrogen and oxygen atoms in total. The van der Waals surface area contributed by atoms with Crippen molar-refractivity contribution in [3.63, 3.8) is 0 Å². The summed E-state index contributed by atoms with van der Waals surface area (Å²) in [6.45, 7) is 2.35. The third kappa shape index (κ3) is 2.69. The highest BCUT2D eigenvalue weighted by molar-refractivity contribution is 7.98. The van der Waals surface area contributed by atoms with Gasteiger partial charge in [-0.25, -0.2) is 0 Å². The van der Waals surface area contributed by atoms with Crippen molar-refractivity contribution >= 4 is 17.4 Å². The molecule has 1 aromatic rings. The molecule has 2 atom stereocenters. The van der Waals surface area contributed by atoms with Gasteiger partial charge >= 0.3 is 0 Å². The first-order chi connectivity index (χ1) is 7.29. The minimum absolute atomic E-state index is 0.683. The molecule has 0 saturated heterocycles. The maximum atomic E-state index is 3.65. The molecule has 0 radical (unpaired) electrons. The monoisotopic (exact) mass is 221 g/mol. The highest BCUT2D eigenvalue weighted by atomic mass is 32.2. The Morgan fingerprint density at radius 3 is 2.87 bits per heavy atom. The van der Waals surface area contributed by atoms with E-state index in [1.165, 1.54) is 29.8 Å². The molecule has 1 aliphatic rings. The fourth-order valence-corrected chi connectivity index (χ4v) is 2.75. The third-order valence-electron chi connectivity index (χ3n) is 3.28. The van der Waals surface area contributed by atoms with Crippen molar-refractivity contribution < 1.29 is 0 Å². The molecule has 0 spiro atoms. The van der Waals surface area contributed by atoms with Crippen molar-refractivity contribution in [3.8, 4) is 0 Å². The summed E-state index contributed by atoms with van der Waals surface area (Å²) < 4.78 is 0. The highest BCUT2D eigenvalue weighted by Gasteiger charge is 2.22. The maximum absolute atomic E-state index is 3.65. The van der Waals surface area contributed by atoms with E-state index in [0.717, 1.165) is 5.92 Å². The first-order valence-electron chi connectivity index (χ1n) is 5.70. The van der Waals surface area contributed by atoms with Crippen LogP contribution in [0.25, 0.3) is 0 Å². The van der Waals surface area contributed by atoms with Crippen molar-refractivity contribution in [1.82, 2.24) is 0 Å². The number of hydrogen-bond acceptors (Lipinski definition) is 2. The number of hydrogen-bond donors (Lipinski definition) is 1. The van der Waals surface area contributed by atoms with Crippen LogP contribution >= 0.6 is 11.8 Å². The number of benzene rings is 1. The highest BCUT2D eigenvalue weighted by Crippen LogP contribution is 2.28. The van der Waals surface area contributed by atoms with E-state index in [1.807, 2.05) is 0 Å². The summed E-state index contributed by atoms with van der Waals surface area (Å²) in [7, 11) is 0. The van der Waals surface area contributed by atoms with Gasteiger partial charge in [0, 0.05) is 16.6 Å². The van der Waals surface area contributed by atoms with E-state index >= 15 is 0 Å². The second-order valence-electron chi connectivity index (χ2n) is 4.39. The van der Waals surface area contributed by atoms with Gasteiger partial charge in [0.05, 0.1) is 0 Å². The number of nitrogens with one attached hydrogen (secondary N) is 1. The molecular formula is C13H19NS. The lowest BCUT2D eigenvalue weighted by Gasteiger charge is -2.18. The predicted octanol–water partition coefficient (Wildman–Crippen LogP) is 4.01. The molecule has 2 heteroatoms. The zero-order valence-electron chi connectivity index (χ0n) is 9.49. The molecule has 0 heterocycles. The molecule has 1 aliphatic carbocycles. The van der Waals surface area contributed by atoms with E-state index in [4.69, 9.17) is 0 Å². The summed E-state index contributed by atoms with van der Waals surface area (Å²) in [6, 6.07) is 9.39. The van der Waals surface area contributed by atoms with Crippen LogP contribution in [0.5, 0.6) is 0 Å². The predicted molar refractivity (Wildman–Crippen MR) is 68.6 cm³/mol. The molecule has 0 aromatic heterocycles. The van der Waals surface area contributed by atoms with Gasteiger partial charge < -0.3 is 5.32 Å².